The Hall–Kier alpha value is -1.71. The number of carbonyl (C=O) groups is 1. The summed E-state index contributed by atoms with van der Waals surface area (Å²) in [5.74, 6) is -0.358. The van der Waals surface area contributed by atoms with E-state index in [-0.39, 0.29) is 12.5 Å². The number of nitrogens with zero attached hydrogens (tertiary/aromatic N) is 4. The summed E-state index contributed by atoms with van der Waals surface area (Å²) in [5, 5.41) is 11.4. The average Bonchev–Trinajstić information content (AvgIpc) is 3.16. The van der Waals surface area contributed by atoms with Crippen molar-refractivity contribution in [3.05, 3.63) is 62.1 Å². The summed E-state index contributed by atoms with van der Waals surface area (Å²) in [5.41, 5.74) is 0.330. The summed E-state index contributed by atoms with van der Waals surface area (Å²) in [7, 11) is 0. The number of halogens is 4. The molecule has 1 amide bonds. The van der Waals surface area contributed by atoms with Gasteiger partial charge in [0.25, 0.3) is 0 Å². The van der Waals surface area contributed by atoms with Gasteiger partial charge in [-0.05, 0) is 50.9 Å². The minimum Gasteiger partial charge on any atom is -0.306 e. The van der Waals surface area contributed by atoms with Gasteiger partial charge in [0.15, 0.2) is 5.82 Å². The average molecular weight is 506 g/mol. The summed E-state index contributed by atoms with van der Waals surface area (Å²) < 4.78 is 18.3. The maximum atomic E-state index is 13.9. The first-order chi connectivity index (χ1) is 12.3. The van der Waals surface area contributed by atoms with E-state index in [0.29, 0.717) is 20.9 Å². The van der Waals surface area contributed by atoms with Crippen LogP contribution in [0.15, 0.2) is 45.7 Å². The predicted octanol–water partition coefficient (Wildman–Crippen LogP) is 4.65. The molecule has 0 bridgehead atoms. The number of anilines is 1. The van der Waals surface area contributed by atoms with Gasteiger partial charge in [0.2, 0.25) is 5.91 Å². The summed E-state index contributed by atoms with van der Waals surface area (Å²) in [6.07, 6.45) is 4.96. The Morgan fingerprint density at radius 3 is 2.81 bits per heavy atom. The van der Waals surface area contributed by atoms with Crippen LogP contribution in [0.1, 0.15) is 18.5 Å². The number of hydrogen-bond donors (Lipinski definition) is 1. The van der Waals surface area contributed by atoms with Crippen LogP contribution in [-0.4, -0.2) is 25.5 Å². The number of carbonyl (C=O) groups excluding carboxylic acids is 1. The lowest BCUT2D eigenvalue weighted by molar-refractivity contribution is -0.119. The molecule has 26 heavy (non-hydrogen) atoms. The van der Waals surface area contributed by atoms with Crippen LogP contribution in [-0.2, 0) is 11.3 Å². The van der Waals surface area contributed by atoms with Crippen molar-refractivity contribution in [3.8, 4) is 0 Å². The molecule has 6 nitrogen and oxygen atoms in total. The van der Waals surface area contributed by atoms with Crippen LogP contribution < -0.4 is 5.32 Å². The highest BCUT2D eigenvalue weighted by molar-refractivity contribution is 9.10. The van der Waals surface area contributed by atoms with Crippen molar-refractivity contribution in [2.24, 2.45) is 0 Å². The van der Waals surface area contributed by atoms with E-state index in [1.807, 2.05) is 0 Å². The molecular weight excluding hydrogens is 492 g/mol. The molecule has 136 valence electrons. The highest BCUT2D eigenvalue weighted by Crippen LogP contribution is 2.25. The highest BCUT2D eigenvalue weighted by atomic mass is 79.9. The molecule has 1 unspecified atom stereocenters. The van der Waals surface area contributed by atoms with Crippen LogP contribution in [0.5, 0.6) is 0 Å². The minimum absolute atomic E-state index is 0.141. The van der Waals surface area contributed by atoms with E-state index >= 15 is 0 Å². The van der Waals surface area contributed by atoms with Crippen molar-refractivity contribution < 1.29 is 9.18 Å². The molecule has 3 rings (SSSR count). The molecule has 0 aliphatic heterocycles. The van der Waals surface area contributed by atoms with Gasteiger partial charge in [-0.1, -0.05) is 17.7 Å². The number of nitrogens with one attached hydrogen (secondary N) is 1. The number of hydrogen-bond acceptors (Lipinski definition) is 3. The zero-order chi connectivity index (χ0) is 18.8. The Bertz CT molecular complexity index is 938. The summed E-state index contributed by atoms with van der Waals surface area (Å²) in [6, 6.07) is 3.97. The Labute approximate surface area is 170 Å². The lowest BCUT2D eigenvalue weighted by Gasteiger charge is -2.11. The SMILES string of the molecule is CC(C(=O)Nc1nn(Cc2c(F)cccc2Cl)cc1Br)n1cc(Br)cn1. The molecule has 10 heteroatoms. The molecule has 0 aliphatic rings. The van der Waals surface area contributed by atoms with Gasteiger partial charge >= 0.3 is 0 Å². The molecule has 0 radical (unpaired) electrons. The lowest BCUT2D eigenvalue weighted by Crippen LogP contribution is -2.24. The summed E-state index contributed by atoms with van der Waals surface area (Å²) in [6.45, 7) is 1.86. The van der Waals surface area contributed by atoms with Crippen molar-refractivity contribution in [2.75, 3.05) is 5.32 Å². The van der Waals surface area contributed by atoms with E-state index in [9.17, 15) is 9.18 Å². The van der Waals surface area contributed by atoms with Crippen molar-refractivity contribution >= 4 is 55.2 Å². The van der Waals surface area contributed by atoms with Gasteiger partial charge in [-0.15, -0.1) is 0 Å². The second kappa shape index (κ2) is 7.89. The number of amides is 1. The molecule has 0 spiro atoms. The fourth-order valence-electron chi connectivity index (χ4n) is 2.28. The van der Waals surface area contributed by atoms with E-state index < -0.39 is 11.9 Å². The fraction of sp³-hybridized carbons (Fsp3) is 0.188. The van der Waals surface area contributed by atoms with E-state index in [1.54, 1.807) is 37.6 Å². The third-order valence-electron chi connectivity index (χ3n) is 3.69. The second-order valence-electron chi connectivity index (χ2n) is 5.53. The molecule has 0 fully saturated rings. The fourth-order valence-corrected chi connectivity index (χ4v) is 3.21. The second-order valence-corrected chi connectivity index (χ2v) is 7.70. The quantitative estimate of drug-likeness (QED) is 0.549. The van der Waals surface area contributed by atoms with E-state index in [2.05, 4.69) is 47.4 Å². The number of benzene rings is 1. The highest BCUT2D eigenvalue weighted by Gasteiger charge is 2.19. The Morgan fingerprint density at radius 1 is 1.38 bits per heavy atom. The van der Waals surface area contributed by atoms with Crippen LogP contribution in [0.2, 0.25) is 5.02 Å². The Balaban J connectivity index is 1.75. The van der Waals surface area contributed by atoms with Crippen LogP contribution in [0.3, 0.4) is 0 Å². The van der Waals surface area contributed by atoms with Gasteiger partial charge in [0.1, 0.15) is 11.9 Å². The number of rotatable bonds is 5. The molecule has 0 saturated heterocycles. The van der Waals surface area contributed by atoms with E-state index in [4.69, 9.17) is 11.6 Å². The van der Waals surface area contributed by atoms with E-state index in [1.165, 1.54) is 15.4 Å². The molecule has 3 aromatic rings. The molecule has 0 aliphatic carbocycles. The van der Waals surface area contributed by atoms with Gasteiger partial charge in [0, 0.05) is 23.0 Å². The Morgan fingerprint density at radius 2 is 2.15 bits per heavy atom. The topological polar surface area (TPSA) is 64.7 Å². The van der Waals surface area contributed by atoms with Gasteiger partial charge in [-0.3, -0.25) is 14.2 Å². The predicted molar refractivity (Wildman–Crippen MR) is 104 cm³/mol. The van der Waals surface area contributed by atoms with Crippen LogP contribution in [0.25, 0.3) is 0 Å². The first-order valence-electron chi connectivity index (χ1n) is 7.51. The molecular formula is C16H13Br2ClFN5O. The molecule has 2 aromatic heterocycles. The third kappa shape index (κ3) is 4.16. The molecule has 1 N–H and O–H groups in total. The van der Waals surface area contributed by atoms with Gasteiger partial charge in [-0.25, -0.2) is 4.39 Å². The van der Waals surface area contributed by atoms with Gasteiger partial charge < -0.3 is 5.32 Å². The zero-order valence-electron chi connectivity index (χ0n) is 13.5. The first kappa shape index (κ1) is 19.1. The van der Waals surface area contributed by atoms with Crippen LogP contribution >= 0.6 is 43.5 Å². The lowest BCUT2D eigenvalue weighted by atomic mass is 10.2. The smallest absolute Gasteiger partial charge is 0.250 e. The van der Waals surface area contributed by atoms with Gasteiger partial charge in [0.05, 0.1) is 21.7 Å². The third-order valence-corrected chi connectivity index (χ3v) is 5.03. The maximum Gasteiger partial charge on any atom is 0.250 e. The molecule has 2 heterocycles. The van der Waals surface area contributed by atoms with E-state index in [0.717, 1.165) is 4.47 Å². The summed E-state index contributed by atoms with van der Waals surface area (Å²) >= 11 is 12.7. The summed E-state index contributed by atoms with van der Waals surface area (Å²) in [4.78, 5) is 12.4. The van der Waals surface area contributed by atoms with Gasteiger partial charge in [-0.2, -0.15) is 10.2 Å². The largest absolute Gasteiger partial charge is 0.306 e. The van der Waals surface area contributed by atoms with Crippen LogP contribution in [0.4, 0.5) is 10.2 Å². The maximum absolute atomic E-state index is 13.9. The van der Waals surface area contributed by atoms with Crippen LogP contribution in [0, 0.1) is 5.82 Å². The molecule has 0 saturated carbocycles. The number of aromatic nitrogens is 4. The standard InChI is InChI=1S/C16H13Br2ClFN5O/c1-9(25-6-10(17)5-21-25)16(26)22-15-12(18)8-24(23-15)7-11-13(19)3-2-4-14(11)20/h2-6,8-9H,7H2,1H3,(H,22,23,26). The zero-order valence-corrected chi connectivity index (χ0v) is 17.4. The Kier molecular flexibility index (Phi) is 5.79. The molecule has 1 aromatic carbocycles. The van der Waals surface area contributed by atoms with Crippen molar-refractivity contribution in [3.63, 3.8) is 0 Å². The monoisotopic (exact) mass is 503 g/mol. The van der Waals surface area contributed by atoms with Crippen molar-refractivity contribution in [2.45, 2.75) is 19.5 Å². The van der Waals surface area contributed by atoms with Crippen molar-refractivity contribution in [1.82, 2.24) is 19.6 Å². The van der Waals surface area contributed by atoms with Crippen molar-refractivity contribution in [1.29, 1.82) is 0 Å². The minimum atomic E-state index is -0.528. The normalized spacial score (nSPS) is 12.2. The molecule has 1 atom stereocenters. The first-order valence-corrected chi connectivity index (χ1v) is 9.48.